The summed E-state index contributed by atoms with van der Waals surface area (Å²) < 4.78 is 10.9. The molecule has 22 heavy (non-hydrogen) atoms. The Morgan fingerprint density at radius 3 is 2.27 bits per heavy atom. The first-order chi connectivity index (χ1) is 10.5. The molecule has 2 heterocycles. The number of aromatic nitrogens is 1. The fraction of sp³-hybridized carbons (Fsp3) is 0.222. The van der Waals surface area contributed by atoms with E-state index >= 15 is 0 Å². The summed E-state index contributed by atoms with van der Waals surface area (Å²) >= 11 is 0. The third-order valence-corrected chi connectivity index (χ3v) is 4.33. The summed E-state index contributed by atoms with van der Waals surface area (Å²) in [5.41, 5.74) is 6.08. The number of phenols is 1. The Kier molecular flexibility index (Phi) is 2.64. The maximum absolute atomic E-state index is 9.96. The van der Waals surface area contributed by atoms with Gasteiger partial charge in [-0.05, 0) is 61.2 Å². The third kappa shape index (κ3) is 1.77. The van der Waals surface area contributed by atoms with Gasteiger partial charge in [-0.25, -0.2) is 0 Å². The normalized spacial score (nSPS) is 13.0. The predicted octanol–water partition coefficient (Wildman–Crippen LogP) is 4.19. The lowest BCUT2D eigenvalue weighted by molar-refractivity contribution is 0.174. The van der Waals surface area contributed by atoms with Crippen LogP contribution < -0.4 is 9.47 Å². The van der Waals surface area contributed by atoms with E-state index in [1.165, 1.54) is 0 Å². The van der Waals surface area contributed by atoms with Gasteiger partial charge in [-0.15, -0.1) is 0 Å². The van der Waals surface area contributed by atoms with E-state index in [1.807, 2.05) is 38.1 Å². The molecule has 0 unspecified atom stereocenters. The zero-order chi connectivity index (χ0) is 15.4. The molecule has 1 aromatic heterocycles. The lowest BCUT2D eigenvalue weighted by atomic mass is 10.0. The van der Waals surface area contributed by atoms with E-state index in [0.29, 0.717) is 5.75 Å². The molecule has 0 amide bonds. The highest BCUT2D eigenvalue weighted by atomic mass is 16.7. The molecule has 112 valence electrons. The fourth-order valence-electron chi connectivity index (χ4n) is 3.11. The number of phenolic OH excluding ortho intramolecular Hbond substituents is 1. The molecule has 0 radical (unpaired) electrons. The number of hydrogen-bond donors (Lipinski definition) is 2. The summed E-state index contributed by atoms with van der Waals surface area (Å²) in [5, 5.41) is 11.1. The van der Waals surface area contributed by atoms with Gasteiger partial charge in [0.25, 0.3) is 0 Å². The average Bonchev–Trinajstić information content (AvgIpc) is 3.07. The maximum atomic E-state index is 9.96. The molecule has 4 nitrogen and oxygen atoms in total. The summed E-state index contributed by atoms with van der Waals surface area (Å²) in [5.74, 6) is 1.93. The van der Waals surface area contributed by atoms with Crippen molar-refractivity contribution < 1.29 is 14.6 Å². The molecule has 0 saturated carbocycles. The van der Waals surface area contributed by atoms with E-state index in [1.54, 1.807) is 0 Å². The van der Waals surface area contributed by atoms with Crippen LogP contribution >= 0.6 is 0 Å². The number of benzene rings is 2. The smallest absolute Gasteiger partial charge is 0.231 e. The largest absolute Gasteiger partial charge is 0.507 e. The van der Waals surface area contributed by atoms with E-state index in [2.05, 4.69) is 11.9 Å². The first kappa shape index (κ1) is 13.1. The van der Waals surface area contributed by atoms with Crippen molar-refractivity contribution in [3.63, 3.8) is 0 Å². The van der Waals surface area contributed by atoms with Gasteiger partial charge in [0, 0.05) is 17.1 Å². The number of rotatable bonds is 1. The standard InChI is InChI=1S/C18H17NO3/c1-9-4-12(5-10(2)18(9)20)17-11(3)13-6-15-16(22-8-21-15)7-14(13)19-17/h4-7,19-20H,8H2,1-3H3. The van der Waals surface area contributed by atoms with E-state index in [9.17, 15) is 5.11 Å². The molecule has 2 aromatic carbocycles. The van der Waals surface area contributed by atoms with Gasteiger partial charge in [-0.1, -0.05) is 0 Å². The number of hydrogen-bond acceptors (Lipinski definition) is 3. The topological polar surface area (TPSA) is 54.5 Å². The first-order valence-corrected chi connectivity index (χ1v) is 7.27. The molecular weight excluding hydrogens is 278 g/mol. The monoisotopic (exact) mass is 295 g/mol. The minimum Gasteiger partial charge on any atom is -0.507 e. The number of ether oxygens (including phenoxy) is 2. The third-order valence-electron chi connectivity index (χ3n) is 4.33. The second kappa shape index (κ2) is 4.44. The lowest BCUT2D eigenvalue weighted by Gasteiger charge is -2.07. The number of aryl methyl sites for hydroxylation is 3. The second-order valence-corrected chi connectivity index (χ2v) is 5.83. The van der Waals surface area contributed by atoms with Gasteiger partial charge >= 0.3 is 0 Å². The minimum atomic E-state index is 0.282. The average molecular weight is 295 g/mol. The van der Waals surface area contributed by atoms with Crippen molar-refractivity contribution in [1.29, 1.82) is 0 Å². The highest BCUT2D eigenvalue weighted by Gasteiger charge is 2.18. The number of fused-ring (bicyclic) bond motifs is 2. The Morgan fingerprint density at radius 1 is 0.955 bits per heavy atom. The van der Waals surface area contributed by atoms with E-state index in [0.717, 1.165) is 50.3 Å². The quantitative estimate of drug-likeness (QED) is 0.707. The summed E-state index contributed by atoms with van der Waals surface area (Å²) in [6, 6.07) is 8.00. The second-order valence-electron chi connectivity index (χ2n) is 5.83. The van der Waals surface area contributed by atoms with Crippen LogP contribution in [0.2, 0.25) is 0 Å². The van der Waals surface area contributed by atoms with Crippen LogP contribution in [-0.2, 0) is 0 Å². The van der Waals surface area contributed by atoms with Crippen molar-refractivity contribution in [3.8, 4) is 28.5 Å². The Morgan fingerprint density at radius 2 is 1.59 bits per heavy atom. The zero-order valence-corrected chi connectivity index (χ0v) is 12.8. The van der Waals surface area contributed by atoms with Crippen LogP contribution in [0.4, 0.5) is 0 Å². The molecule has 2 N–H and O–H groups in total. The Balaban J connectivity index is 1.94. The Bertz CT molecular complexity index is 885. The van der Waals surface area contributed by atoms with Crippen LogP contribution in [-0.4, -0.2) is 16.9 Å². The van der Waals surface area contributed by atoms with E-state index < -0.39 is 0 Å². The Labute approximate surface area is 128 Å². The molecule has 0 fully saturated rings. The summed E-state index contributed by atoms with van der Waals surface area (Å²) in [6.45, 7) is 6.21. The van der Waals surface area contributed by atoms with Gasteiger partial charge in [0.2, 0.25) is 6.79 Å². The molecule has 3 aromatic rings. The van der Waals surface area contributed by atoms with Crippen LogP contribution in [0.5, 0.6) is 17.2 Å². The molecule has 0 atom stereocenters. The highest BCUT2D eigenvalue weighted by molar-refractivity contribution is 5.93. The van der Waals surface area contributed by atoms with Crippen LogP contribution in [0, 0.1) is 20.8 Å². The first-order valence-electron chi connectivity index (χ1n) is 7.27. The van der Waals surface area contributed by atoms with E-state index in [4.69, 9.17) is 9.47 Å². The van der Waals surface area contributed by atoms with Gasteiger partial charge in [-0.2, -0.15) is 0 Å². The number of aromatic hydroxyl groups is 1. The molecule has 0 saturated heterocycles. The number of H-pyrrole nitrogens is 1. The van der Waals surface area contributed by atoms with Crippen molar-refractivity contribution >= 4 is 10.9 Å². The van der Waals surface area contributed by atoms with Crippen molar-refractivity contribution in [2.75, 3.05) is 6.79 Å². The van der Waals surface area contributed by atoms with Gasteiger partial charge in [0.05, 0.1) is 5.52 Å². The molecule has 1 aliphatic rings. The number of aromatic amines is 1. The van der Waals surface area contributed by atoms with Crippen LogP contribution in [0.1, 0.15) is 16.7 Å². The van der Waals surface area contributed by atoms with Crippen molar-refractivity contribution in [2.24, 2.45) is 0 Å². The molecule has 0 aliphatic carbocycles. The van der Waals surface area contributed by atoms with Gasteiger partial charge in [-0.3, -0.25) is 0 Å². The van der Waals surface area contributed by atoms with Crippen LogP contribution in [0.25, 0.3) is 22.2 Å². The molecule has 4 rings (SSSR count). The zero-order valence-electron chi connectivity index (χ0n) is 12.8. The van der Waals surface area contributed by atoms with Crippen molar-refractivity contribution in [1.82, 2.24) is 4.98 Å². The van der Waals surface area contributed by atoms with Gasteiger partial charge in [0.1, 0.15) is 5.75 Å². The summed E-state index contributed by atoms with van der Waals surface area (Å²) in [4.78, 5) is 3.47. The lowest BCUT2D eigenvalue weighted by Crippen LogP contribution is -1.92. The van der Waals surface area contributed by atoms with Crippen molar-refractivity contribution in [3.05, 3.63) is 41.0 Å². The predicted molar refractivity (Wildman–Crippen MR) is 85.7 cm³/mol. The molecular formula is C18H17NO3. The fourth-order valence-corrected chi connectivity index (χ4v) is 3.11. The van der Waals surface area contributed by atoms with Crippen LogP contribution in [0.3, 0.4) is 0 Å². The SMILES string of the molecule is Cc1cc(-c2[nH]c3cc4c(cc3c2C)OCO4)cc(C)c1O. The van der Waals surface area contributed by atoms with Crippen molar-refractivity contribution in [2.45, 2.75) is 20.8 Å². The van der Waals surface area contributed by atoms with Gasteiger partial charge in [0.15, 0.2) is 11.5 Å². The van der Waals surface area contributed by atoms with Gasteiger partial charge < -0.3 is 19.6 Å². The maximum Gasteiger partial charge on any atom is 0.231 e. The highest BCUT2D eigenvalue weighted by Crippen LogP contribution is 2.40. The van der Waals surface area contributed by atoms with Crippen LogP contribution in [0.15, 0.2) is 24.3 Å². The molecule has 1 aliphatic heterocycles. The molecule has 0 bridgehead atoms. The number of nitrogens with one attached hydrogen (secondary N) is 1. The summed E-state index contributed by atoms with van der Waals surface area (Å²) in [6.07, 6.45) is 0. The molecule has 0 spiro atoms. The Hall–Kier alpha value is -2.62. The summed E-state index contributed by atoms with van der Waals surface area (Å²) in [7, 11) is 0. The minimum absolute atomic E-state index is 0.282. The molecule has 4 heteroatoms. The van der Waals surface area contributed by atoms with E-state index in [-0.39, 0.29) is 6.79 Å².